The lowest BCUT2D eigenvalue weighted by Crippen LogP contribution is -2.16. The molecule has 3 rings (SSSR count). The molecule has 11 heteroatoms. The van der Waals surface area contributed by atoms with E-state index < -0.39 is 5.97 Å². The van der Waals surface area contributed by atoms with E-state index in [0.29, 0.717) is 43.7 Å². The van der Waals surface area contributed by atoms with Crippen molar-refractivity contribution in [3.05, 3.63) is 44.8 Å². The Morgan fingerprint density at radius 3 is 2.65 bits per heavy atom. The van der Waals surface area contributed by atoms with Crippen LogP contribution in [0.4, 0.5) is 5.00 Å². The monoisotopic (exact) mass is 498 g/mol. The largest absolute Gasteiger partial charge is 0.465 e. The topological polar surface area (TPSA) is 86.1 Å². The average Bonchev–Trinajstić information content (AvgIpc) is 3.35. The molecular weight excluding hydrogens is 479 g/mol. The lowest BCUT2D eigenvalue weighted by Gasteiger charge is -2.09. The molecule has 0 aliphatic heterocycles. The van der Waals surface area contributed by atoms with Crippen molar-refractivity contribution in [2.24, 2.45) is 0 Å². The molecule has 1 amide bonds. The van der Waals surface area contributed by atoms with E-state index in [1.54, 1.807) is 24.3 Å². The minimum absolute atomic E-state index is 0.104. The molecule has 1 aromatic carbocycles. The van der Waals surface area contributed by atoms with Crippen LogP contribution in [0.3, 0.4) is 0 Å². The number of aromatic nitrogens is 3. The van der Waals surface area contributed by atoms with Gasteiger partial charge >= 0.3 is 5.97 Å². The molecule has 3 aromatic rings. The van der Waals surface area contributed by atoms with Gasteiger partial charge in [-0.25, -0.2) is 4.79 Å². The minimum atomic E-state index is -0.478. The molecule has 0 fully saturated rings. The minimum Gasteiger partial charge on any atom is -0.465 e. The van der Waals surface area contributed by atoms with Gasteiger partial charge in [-0.3, -0.25) is 4.79 Å². The first kappa shape index (κ1) is 23.6. The van der Waals surface area contributed by atoms with Crippen molar-refractivity contribution < 1.29 is 14.3 Å². The molecule has 0 unspecified atom stereocenters. The van der Waals surface area contributed by atoms with E-state index in [1.807, 2.05) is 18.4 Å². The summed E-state index contributed by atoms with van der Waals surface area (Å²) in [6.07, 6.45) is 0.759. The summed E-state index contributed by atoms with van der Waals surface area (Å²) < 4.78 is 6.69. The normalized spacial score (nSPS) is 10.9. The van der Waals surface area contributed by atoms with E-state index in [-0.39, 0.29) is 11.7 Å². The number of amides is 1. The predicted molar refractivity (Wildman–Crippen MR) is 126 cm³/mol. The number of thioether (sulfide) groups is 1. The van der Waals surface area contributed by atoms with Crippen molar-refractivity contribution in [2.75, 3.05) is 18.2 Å². The SMILES string of the molecule is CCc1cc(C(=O)OC)c(NC(=O)CSc2nnc(-c3ccc(Cl)cc3Cl)n2CC)s1. The molecular formula is C20H20Cl2N4O3S2. The number of nitrogens with zero attached hydrogens (tertiary/aromatic N) is 3. The van der Waals surface area contributed by atoms with Gasteiger partial charge in [-0.05, 0) is 37.6 Å². The molecule has 0 spiro atoms. The zero-order valence-corrected chi connectivity index (χ0v) is 20.2. The van der Waals surface area contributed by atoms with Crippen LogP contribution in [0.5, 0.6) is 0 Å². The Hall–Kier alpha value is -2.07. The fraction of sp³-hybridized carbons (Fsp3) is 0.300. The van der Waals surface area contributed by atoms with Crippen LogP contribution in [0.25, 0.3) is 11.4 Å². The Labute approximate surface area is 198 Å². The smallest absolute Gasteiger partial charge is 0.340 e. The van der Waals surface area contributed by atoms with Crippen molar-refractivity contribution in [2.45, 2.75) is 32.0 Å². The Balaban J connectivity index is 1.73. The fourth-order valence-corrected chi connectivity index (χ4v) is 5.11. The Kier molecular flexibility index (Phi) is 7.99. The molecule has 164 valence electrons. The first-order valence-corrected chi connectivity index (χ1v) is 12.0. The van der Waals surface area contributed by atoms with Crippen LogP contribution < -0.4 is 5.32 Å². The lowest BCUT2D eigenvalue weighted by molar-refractivity contribution is -0.113. The first-order valence-electron chi connectivity index (χ1n) is 9.40. The van der Waals surface area contributed by atoms with Gasteiger partial charge in [-0.1, -0.05) is 41.9 Å². The van der Waals surface area contributed by atoms with Crippen molar-refractivity contribution in [3.63, 3.8) is 0 Å². The fourth-order valence-electron chi connectivity index (χ4n) is 2.81. The highest BCUT2D eigenvalue weighted by molar-refractivity contribution is 7.99. The van der Waals surface area contributed by atoms with Crippen molar-refractivity contribution in [1.29, 1.82) is 0 Å². The molecule has 0 aliphatic carbocycles. The molecule has 7 nitrogen and oxygen atoms in total. The molecule has 2 aromatic heterocycles. The van der Waals surface area contributed by atoms with Crippen molar-refractivity contribution >= 4 is 63.2 Å². The quantitative estimate of drug-likeness (QED) is 0.329. The molecule has 0 aliphatic rings. The number of carbonyl (C=O) groups is 2. The highest BCUT2D eigenvalue weighted by Gasteiger charge is 2.20. The average molecular weight is 499 g/mol. The number of benzene rings is 1. The Morgan fingerprint density at radius 2 is 2.00 bits per heavy atom. The maximum Gasteiger partial charge on any atom is 0.340 e. The van der Waals surface area contributed by atoms with Gasteiger partial charge in [0.05, 0.1) is 23.4 Å². The van der Waals surface area contributed by atoms with Gasteiger partial charge in [0, 0.05) is 22.0 Å². The third-order valence-electron chi connectivity index (χ3n) is 4.33. The van der Waals surface area contributed by atoms with Gasteiger partial charge in [0.25, 0.3) is 0 Å². The standard InChI is InChI=1S/C20H20Cl2N4O3S2/c1-4-12-9-14(19(28)29-3)18(31-12)23-16(27)10-30-20-25-24-17(26(20)5-2)13-7-6-11(21)8-15(13)22/h6-9H,4-5,10H2,1-3H3,(H,23,27). The number of hydrogen-bond donors (Lipinski definition) is 1. The van der Waals surface area contributed by atoms with Gasteiger partial charge in [-0.2, -0.15) is 0 Å². The summed E-state index contributed by atoms with van der Waals surface area (Å²) in [5, 5.41) is 13.4. The molecule has 0 bridgehead atoms. The second kappa shape index (κ2) is 10.5. The zero-order valence-electron chi connectivity index (χ0n) is 17.1. The highest BCUT2D eigenvalue weighted by atomic mass is 35.5. The van der Waals surface area contributed by atoms with Crippen LogP contribution in [-0.2, 0) is 22.5 Å². The zero-order chi connectivity index (χ0) is 22.5. The highest BCUT2D eigenvalue weighted by Crippen LogP contribution is 2.32. The van der Waals surface area contributed by atoms with Crippen LogP contribution in [0.15, 0.2) is 29.4 Å². The van der Waals surface area contributed by atoms with Crippen LogP contribution in [0, 0.1) is 0 Å². The van der Waals surface area contributed by atoms with E-state index >= 15 is 0 Å². The Morgan fingerprint density at radius 1 is 1.23 bits per heavy atom. The molecule has 0 saturated carbocycles. The van der Waals surface area contributed by atoms with E-state index in [4.69, 9.17) is 27.9 Å². The number of halogens is 2. The number of aryl methyl sites for hydroxylation is 1. The third-order valence-corrected chi connectivity index (χ3v) is 7.04. The molecule has 1 N–H and O–H groups in total. The van der Waals surface area contributed by atoms with Crippen molar-refractivity contribution in [1.82, 2.24) is 14.8 Å². The number of thiophene rings is 1. The first-order chi connectivity index (χ1) is 14.9. The summed E-state index contributed by atoms with van der Waals surface area (Å²) in [6.45, 7) is 4.54. The summed E-state index contributed by atoms with van der Waals surface area (Å²) in [7, 11) is 1.31. The van der Waals surface area contributed by atoms with Gasteiger partial charge in [0.1, 0.15) is 5.00 Å². The number of nitrogens with one attached hydrogen (secondary N) is 1. The number of carbonyl (C=O) groups excluding carboxylic acids is 2. The van der Waals surface area contributed by atoms with E-state index in [2.05, 4.69) is 15.5 Å². The van der Waals surface area contributed by atoms with E-state index in [0.717, 1.165) is 11.3 Å². The Bertz CT molecular complexity index is 1110. The van der Waals surface area contributed by atoms with Crippen LogP contribution in [0.2, 0.25) is 10.0 Å². The predicted octanol–water partition coefficient (Wildman–Crippen LogP) is 5.41. The lowest BCUT2D eigenvalue weighted by atomic mass is 10.2. The number of esters is 1. The summed E-state index contributed by atoms with van der Waals surface area (Å²) >= 11 is 14.9. The maximum atomic E-state index is 12.5. The second-order valence-corrected chi connectivity index (χ2v) is 9.23. The van der Waals surface area contributed by atoms with Crippen molar-refractivity contribution in [3.8, 4) is 11.4 Å². The summed E-state index contributed by atoms with van der Waals surface area (Å²) in [5.74, 6) is -0.0247. The summed E-state index contributed by atoms with van der Waals surface area (Å²) in [4.78, 5) is 25.5. The van der Waals surface area contributed by atoms with E-state index in [9.17, 15) is 9.59 Å². The summed E-state index contributed by atoms with van der Waals surface area (Å²) in [5.41, 5.74) is 1.07. The molecule has 0 radical (unpaired) electrons. The second-order valence-electron chi connectivity index (χ2n) is 6.31. The van der Waals surface area contributed by atoms with Crippen LogP contribution >= 0.6 is 46.3 Å². The van der Waals surface area contributed by atoms with Gasteiger partial charge in [-0.15, -0.1) is 21.5 Å². The number of methoxy groups -OCH3 is 1. The number of ether oxygens (including phenoxy) is 1. The summed E-state index contributed by atoms with van der Waals surface area (Å²) in [6, 6.07) is 6.92. The van der Waals surface area contributed by atoms with E-state index in [1.165, 1.54) is 30.2 Å². The molecule has 2 heterocycles. The molecule has 0 saturated heterocycles. The van der Waals surface area contributed by atoms with Crippen LogP contribution in [-0.4, -0.2) is 39.5 Å². The number of anilines is 1. The third kappa shape index (κ3) is 5.41. The van der Waals surface area contributed by atoms with Crippen LogP contribution in [0.1, 0.15) is 29.1 Å². The van der Waals surface area contributed by atoms with Gasteiger partial charge in [0.2, 0.25) is 5.91 Å². The number of hydrogen-bond acceptors (Lipinski definition) is 7. The maximum absolute atomic E-state index is 12.5. The van der Waals surface area contributed by atoms with Gasteiger partial charge in [0.15, 0.2) is 11.0 Å². The number of rotatable bonds is 8. The van der Waals surface area contributed by atoms with Gasteiger partial charge < -0.3 is 14.6 Å². The molecule has 31 heavy (non-hydrogen) atoms. The molecule has 0 atom stereocenters.